The minimum absolute atomic E-state index is 0.0151. The lowest BCUT2D eigenvalue weighted by atomic mass is 10.0. The van der Waals surface area contributed by atoms with Gasteiger partial charge < -0.3 is 10.1 Å². The van der Waals surface area contributed by atoms with Gasteiger partial charge in [-0.05, 0) is 36.5 Å². The Kier molecular flexibility index (Phi) is 3.74. The van der Waals surface area contributed by atoms with Crippen LogP contribution in [0.25, 0.3) is 0 Å². The monoisotopic (exact) mass is 272 g/mol. The molecule has 4 heteroatoms. The maximum absolute atomic E-state index is 12.0. The first kappa shape index (κ1) is 13.2. The number of methoxy groups -OCH3 is 1. The number of aryl methyl sites for hydroxylation is 2. The zero-order valence-corrected chi connectivity index (χ0v) is 11.7. The van der Waals surface area contributed by atoms with Crippen LogP contribution in [0.4, 0.5) is 0 Å². The van der Waals surface area contributed by atoms with E-state index in [2.05, 4.69) is 22.8 Å². The number of carbonyl (C=O) groups excluding carboxylic acids is 1. The minimum Gasteiger partial charge on any atom is -0.496 e. The fourth-order valence-electron chi connectivity index (χ4n) is 2.92. The van der Waals surface area contributed by atoms with Crippen molar-refractivity contribution in [3.05, 3.63) is 41.0 Å². The first-order valence-corrected chi connectivity index (χ1v) is 7.14. The van der Waals surface area contributed by atoms with Gasteiger partial charge in [0, 0.05) is 18.7 Å². The van der Waals surface area contributed by atoms with Crippen LogP contribution in [0.3, 0.4) is 0 Å². The summed E-state index contributed by atoms with van der Waals surface area (Å²) >= 11 is 0. The summed E-state index contributed by atoms with van der Waals surface area (Å²) in [5.74, 6) is 0.891. The molecule has 2 aliphatic rings. The van der Waals surface area contributed by atoms with Crippen molar-refractivity contribution in [1.29, 1.82) is 0 Å². The van der Waals surface area contributed by atoms with Crippen LogP contribution in [0, 0.1) is 0 Å². The molecule has 1 aliphatic heterocycles. The van der Waals surface area contributed by atoms with E-state index < -0.39 is 0 Å². The van der Waals surface area contributed by atoms with Crippen LogP contribution in [0.2, 0.25) is 0 Å². The lowest BCUT2D eigenvalue weighted by Crippen LogP contribution is -2.40. The number of benzene rings is 1. The van der Waals surface area contributed by atoms with Crippen LogP contribution in [0.1, 0.15) is 23.1 Å². The summed E-state index contributed by atoms with van der Waals surface area (Å²) < 4.78 is 5.45. The van der Waals surface area contributed by atoms with Crippen molar-refractivity contribution in [2.24, 2.45) is 0 Å². The zero-order chi connectivity index (χ0) is 13.9. The van der Waals surface area contributed by atoms with Gasteiger partial charge in [-0.25, -0.2) is 0 Å². The molecule has 2 N–H and O–H groups in total. The molecule has 0 bridgehead atoms. The number of hydrogen-bond donors (Lipinski definition) is 2. The summed E-state index contributed by atoms with van der Waals surface area (Å²) in [6.07, 6.45) is 7.35. The van der Waals surface area contributed by atoms with Gasteiger partial charge in [-0.1, -0.05) is 18.2 Å². The Bertz CT molecular complexity index is 552. The van der Waals surface area contributed by atoms with Crippen LogP contribution in [0.5, 0.6) is 5.75 Å². The van der Waals surface area contributed by atoms with Gasteiger partial charge >= 0.3 is 0 Å². The van der Waals surface area contributed by atoms with Crippen molar-refractivity contribution >= 4 is 5.91 Å². The van der Waals surface area contributed by atoms with Crippen molar-refractivity contribution in [3.8, 4) is 5.75 Å². The Balaban J connectivity index is 1.70. The Morgan fingerprint density at radius 1 is 1.40 bits per heavy atom. The topological polar surface area (TPSA) is 50.4 Å². The molecule has 0 radical (unpaired) electrons. The van der Waals surface area contributed by atoms with Crippen molar-refractivity contribution in [1.82, 2.24) is 10.6 Å². The Hall–Kier alpha value is -1.81. The summed E-state index contributed by atoms with van der Waals surface area (Å²) in [4.78, 5) is 12.0. The number of amides is 1. The lowest BCUT2D eigenvalue weighted by Gasteiger charge is -2.14. The van der Waals surface area contributed by atoms with Crippen molar-refractivity contribution in [2.45, 2.75) is 31.8 Å². The molecule has 0 fully saturated rings. The number of hydrogen-bond acceptors (Lipinski definition) is 3. The van der Waals surface area contributed by atoms with E-state index in [1.165, 1.54) is 17.5 Å². The molecule has 3 rings (SSSR count). The third-order valence-corrected chi connectivity index (χ3v) is 4.01. The van der Waals surface area contributed by atoms with E-state index in [1.54, 1.807) is 7.11 Å². The maximum atomic E-state index is 12.0. The molecule has 1 aromatic rings. The second-order valence-corrected chi connectivity index (χ2v) is 5.32. The summed E-state index contributed by atoms with van der Waals surface area (Å²) in [6.45, 7) is 1.28. The van der Waals surface area contributed by atoms with Crippen molar-refractivity contribution in [3.63, 3.8) is 0 Å². The summed E-state index contributed by atoms with van der Waals surface area (Å²) in [7, 11) is 1.68. The fraction of sp³-hybridized carbons (Fsp3) is 0.438. The Labute approximate surface area is 119 Å². The smallest absolute Gasteiger partial charge is 0.241 e. The van der Waals surface area contributed by atoms with Crippen LogP contribution in [0.15, 0.2) is 24.3 Å². The van der Waals surface area contributed by atoms with E-state index >= 15 is 0 Å². The van der Waals surface area contributed by atoms with E-state index in [0.717, 1.165) is 30.7 Å². The molecule has 0 saturated heterocycles. The number of rotatable bonds is 4. The van der Waals surface area contributed by atoms with Gasteiger partial charge in [0.1, 0.15) is 11.8 Å². The molecule has 0 spiro atoms. The highest BCUT2D eigenvalue weighted by Gasteiger charge is 2.19. The van der Waals surface area contributed by atoms with Crippen LogP contribution in [-0.2, 0) is 24.2 Å². The zero-order valence-electron chi connectivity index (χ0n) is 11.7. The highest BCUT2D eigenvalue weighted by atomic mass is 16.5. The number of ether oxygens (including phenoxy) is 1. The SMILES string of the molecule is COc1cc2c(cc1CNC(=O)C1C=CCN1)CCC2. The normalized spacial score (nSPS) is 19.9. The lowest BCUT2D eigenvalue weighted by molar-refractivity contribution is -0.122. The first-order chi connectivity index (χ1) is 9.78. The average molecular weight is 272 g/mol. The van der Waals surface area contributed by atoms with Crippen LogP contribution >= 0.6 is 0 Å². The highest BCUT2D eigenvalue weighted by molar-refractivity contribution is 5.84. The third-order valence-electron chi connectivity index (χ3n) is 4.01. The number of carbonyl (C=O) groups is 1. The average Bonchev–Trinajstić information content (AvgIpc) is 3.13. The molecular weight excluding hydrogens is 252 g/mol. The fourth-order valence-corrected chi connectivity index (χ4v) is 2.92. The van der Waals surface area contributed by atoms with E-state index in [0.29, 0.717) is 6.54 Å². The van der Waals surface area contributed by atoms with Crippen LogP contribution in [-0.4, -0.2) is 25.6 Å². The van der Waals surface area contributed by atoms with Gasteiger partial charge in [0.15, 0.2) is 0 Å². The summed E-state index contributed by atoms with van der Waals surface area (Å²) in [5.41, 5.74) is 3.84. The van der Waals surface area contributed by atoms with E-state index in [4.69, 9.17) is 4.74 Å². The standard InChI is InChI=1S/C16H20N2O2/c1-20-15-9-12-5-2-4-11(12)8-13(15)10-18-16(19)14-6-3-7-17-14/h3,6,8-9,14,17H,2,4-5,7,10H2,1H3,(H,18,19). The Morgan fingerprint density at radius 2 is 2.20 bits per heavy atom. The molecule has 1 heterocycles. The predicted octanol–water partition coefficient (Wildman–Crippen LogP) is 1.33. The number of fused-ring (bicyclic) bond motifs is 1. The first-order valence-electron chi connectivity index (χ1n) is 7.14. The number of nitrogens with one attached hydrogen (secondary N) is 2. The minimum atomic E-state index is -0.199. The molecule has 1 aromatic carbocycles. The van der Waals surface area contributed by atoms with Gasteiger partial charge in [-0.2, -0.15) is 0 Å². The molecule has 1 amide bonds. The second-order valence-electron chi connectivity index (χ2n) is 5.32. The van der Waals surface area contributed by atoms with Gasteiger partial charge in [0.25, 0.3) is 0 Å². The summed E-state index contributed by atoms with van der Waals surface area (Å²) in [5, 5.41) is 6.08. The second kappa shape index (κ2) is 5.67. The van der Waals surface area contributed by atoms with Gasteiger partial charge in [-0.3, -0.25) is 10.1 Å². The third kappa shape index (κ3) is 2.56. The quantitative estimate of drug-likeness (QED) is 0.813. The molecule has 4 nitrogen and oxygen atoms in total. The highest BCUT2D eigenvalue weighted by Crippen LogP contribution is 2.29. The Morgan fingerprint density at radius 3 is 2.90 bits per heavy atom. The molecule has 0 saturated carbocycles. The molecule has 1 atom stereocenters. The molecule has 106 valence electrons. The van der Waals surface area contributed by atoms with Gasteiger partial charge in [-0.15, -0.1) is 0 Å². The molecular formula is C16H20N2O2. The van der Waals surface area contributed by atoms with E-state index in [1.807, 2.05) is 12.2 Å². The molecule has 1 aliphatic carbocycles. The largest absolute Gasteiger partial charge is 0.496 e. The van der Waals surface area contributed by atoms with Crippen molar-refractivity contribution in [2.75, 3.05) is 13.7 Å². The van der Waals surface area contributed by atoms with Crippen molar-refractivity contribution < 1.29 is 9.53 Å². The van der Waals surface area contributed by atoms with E-state index in [9.17, 15) is 4.79 Å². The summed E-state index contributed by atoms with van der Waals surface area (Å²) in [6, 6.07) is 4.10. The molecule has 0 aromatic heterocycles. The molecule has 1 unspecified atom stereocenters. The maximum Gasteiger partial charge on any atom is 0.241 e. The molecule has 20 heavy (non-hydrogen) atoms. The van der Waals surface area contributed by atoms with Gasteiger partial charge in [0.05, 0.1) is 7.11 Å². The predicted molar refractivity (Wildman–Crippen MR) is 77.8 cm³/mol. The van der Waals surface area contributed by atoms with E-state index in [-0.39, 0.29) is 11.9 Å². The van der Waals surface area contributed by atoms with Crippen LogP contribution < -0.4 is 15.4 Å². The van der Waals surface area contributed by atoms with Gasteiger partial charge in [0.2, 0.25) is 5.91 Å².